The highest BCUT2D eigenvalue weighted by Crippen LogP contribution is 2.12. The first kappa shape index (κ1) is 24.0. The Labute approximate surface area is 175 Å². The summed E-state index contributed by atoms with van der Waals surface area (Å²) in [4.78, 5) is 10.5. The van der Waals surface area contributed by atoms with Crippen molar-refractivity contribution in [2.45, 2.75) is 46.1 Å². The number of hydrogen-bond donors (Lipinski definition) is 1. The van der Waals surface area contributed by atoms with E-state index < -0.39 is 5.60 Å². The SMILES string of the molecule is C=CC(=O)OC(C)(C)C.CCCc1ccc(C=CC=Cc2ccc(O)cc2)cc1. The lowest BCUT2D eigenvalue weighted by molar-refractivity contribution is -0.148. The first-order valence-electron chi connectivity index (χ1n) is 9.81. The smallest absolute Gasteiger partial charge is 0.330 e. The average Bonchev–Trinajstić information content (AvgIpc) is 2.67. The zero-order chi connectivity index (χ0) is 21.7. The monoisotopic (exact) mass is 392 g/mol. The summed E-state index contributed by atoms with van der Waals surface area (Å²) >= 11 is 0. The highest BCUT2D eigenvalue weighted by atomic mass is 16.6. The number of ether oxygens (including phenoxy) is 1. The topological polar surface area (TPSA) is 46.5 Å². The van der Waals surface area contributed by atoms with Crippen LogP contribution in [0.5, 0.6) is 5.75 Å². The first-order chi connectivity index (χ1) is 13.7. The molecule has 3 heteroatoms. The summed E-state index contributed by atoms with van der Waals surface area (Å²) in [5.74, 6) is -0.0765. The maximum Gasteiger partial charge on any atom is 0.330 e. The molecule has 0 fully saturated rings. The van der Waals surface area contributed by atoms with Crippen molar-refractivity contribution in [2.75, 3.05) is 0 Å². The lowest BCUT2D eigenvalue weighted by Gasteiger charge is -2.17. The van der Waals surface area contributed by atoms with Crippen molar-refractivity contribution in [3.8, 4) is 5.75 Å². The van der Waals surface area contributed by atoms with Gasteiger partial charge in [-0.3, -0.25) is 0 Å². The third-order valence-corrected chi connectivity index (χ3v) is 3.67. The van der Waals surface area contributed by atoms with E-state index in [0.29, 0.717) is 5.75 Å². The third-order valence-electron chi connectivity index (χ3n) is 3.67. The van der Waals surface area contributed by atoms with Crippen molar-refractivity contribution in [1.29, 1.82) is 0 Å². The van der Waals surface area contributed by atoms with Gasteiger partial charge in [0.05, 0.1) is 0 Å². The molecule has 0 aromatic heterocycles. The number of phenolic OH excluding ortho intramolecular Hbond substituents is 1. The lowest BCUT2D eigenvalue weighted by atomic mass is 10.1. The number of carbonyl (C=O) groups is 1. The van der Waals surface area contributed by atoms with Gasteiger partial charge in [-0.2, -0.15) is 0 Å². The molecule has 0 bridgehead atoms. The van der Waals surface area contributed by atoms with E-state index in [4.69, 9.17) is 4.74 Å². The number of aromatic hydroxyl groups is 1. The van der Waals surface area contributed by atoms with E-state index in [-0.39, 0.29) is 5.97 Å². The quantitative estimate of drug-likeness (QED) is 0.343. The molecule has 0 aliphatic rings. The van der Waals surface area contributed by atoms with E-state index in [2.05, 4.69) is 43.8 Å². The molecule has 0 heterocycles. The fourth-order valence-corrected chi connectivity index (χ4v) is 2.35. The highest BCUT2D eigenvalue weighted by molar-refractivity contribution is 5.81. The predicted molar refractivity (Wildman–Crippen MR) is 123 cm³/mol. The second-order valence-corrected chi connectivity index (χ2v) is 7.54. The summed E-state index contributed by atoms with van der Waals surface area (Å²) in [6.45, 7) is 10.9. The van der Waals surface area contributed by atoms with Gasteiger partial charge >= 0.3 is 5.97 Å². The largest absolute Gasteiger partial charge is 0.508 e. The number of rotatable bonds is 6. The second-order valence-electron chi connectivity index (χ2n) is 7.54. The molecule has 0 radical (unpaired) electrons. The van der Waals surface area contributed by atoms with Crippen LogP contribution in [-0.4, -0.2) is 16.7 Å². The van der Waals surface area contributed by atoms with E-state index in [1.165, 1.54) is 17.5 Å². The lowest BCUT2D eigenvalue weighted by Crippen LogP contribution is -2.22. The van der Waals surface area contributed by atoms with E-state index >= 15 is 0 Å². The van der Waals surface area contributed by atoms with Crippen LogP contribution in [0.1, 0.15) is 50.8 Å². The van der Waals surface area contributed by atoms with Gasteiger partial charge in [0.1, 0.15) is 11.4 Å². The molecule has 29 heavy (non-hydrogen) atoms. The van der Waals surface area contributed by atoms with Crippen molar-refractivity contribution in [3.63, 3.8) is 0 Å². The van der Waals surface area contributed by atoms with Gasteiger partial charge in [-0.05, 0) is 56.0 Å². The summed E-state index contributed by atoms with van der Waals surface area (Å²) < 4.78 is 4.83. The minimum absolute atomic E-state index is 0.296. The highest BCUT2D eigenvalue weighted by Gasteiger charge is 2.12. The van der Waals surface area contributed by atoms with Crippen molar-refractivity contribution in [1.82, 2.24) is 0 Å². The molecule has 1 N–H and O–H groups in total. The minimum Gasteiger partial charge on any atom is -0.508 e. The van der Waals surface area contributed by atoms with E-state index in [0.717, 1.165) is 18.1 Å². The Morgan fingerprint density at radius 2 is 1.45 bits per heavy atom. The normalized spacial score (nSPS) is 11.2. The molecule has 0 unspecified atom stereocenters. The van der Waals surface area contributed by atoms with Crippen molar-refractivity contribution in [3.05, 3.63) is 90.0 Å². The van der Waals surface area contributed by atoms with E-state index in [1.807, 2.05) is 51.1 Å². The first-order valence-corrected chi connectivity index (χ1v) is 9.81. The summed E-state index contributed by atoms with van der Waals surface area (Å²) in [6, 6.07) is 15.8. The number of carbonyl (C=O) groups excluding carboxylic acids is 1. The molecule has 0 spiro atoms. The molecule has 0 saturated heterocycles. The van der Waals surface area contributed by atoms with Crippen LogP contribution >= 0.6 is 0 Å². The van der Waals surface area contributed by atoms with E-state index in [9.17, 15) is 9.90 Å². The summed E-state index contributed by atoms with van der Waals surface area (Å²) in [6.07, 6.45) is 11.6. The van der Waals surface area contributed by atoms with Gasteiger partial charge in [0.25, 0.3) is 0 Å². The van der Waals surface area contributed by atoms with Gasteiger partial charge in [0, 0.05) is 6.08 Å². The van der Waals surface area contributed by atoms with Crippen LogP contribution in [0.15, 0.2) is 73.3 Å². The van der Waals surface area contributed by atoms with Crippen LogP contribution in [0.4, 0.5) is 0 Å². The molecular formula is C26H32O3. The standard InChI is InChI=1S/C19H20O.C7H12O2/c1-2-5-16-8-10-17(11-9-16)6-3-4-7-18-12-14-19(20)15-13-18;1-5-6(8)9-7(2,3)4/h3-4,6-15,20H,2,5H2,1H3;5H,1H2,2-4H3. The minimum atomic E-state index is -0.398. The van der Waals surface area contributed by atoms with E-state index in [1.54, 1.807) is 12.1 Å². The van der Waals surface area contributed by atoms with Crippen molar-refractivity contribution >= 4 is 18.1 Å². The Bertz CT molecular complexity index is 805. The van der Waals surface area contributed by atoms with Crippen LogP contribution in [0.25, 0.3) is 12.2 Å². The van der Waals surface area contributed by atoms with Crippen LogP contribution in [0.2, 0.25) is 0 Å². The van der Waals surface area contributed by atoms with Crippen LogP contribution in [0.3, 0.4) is 0 Å². The average molecular weight is 393 g/mol. The third kappa shape index (κ3) is 11.4. The Balaban J connectivity index is 0.000000396. The van der Waals surface area contributed by atoms with Gasteiger partial charge in [0.15, 0.2) is 0 Å². The molecule has 0 aliphatic heterocycles. The number of benzene rings is 2. The summed E-state index contributed by atoms with van der Waals surface area (Å²) in [5, 5.41) is 9.20. The Morgan fingerprint density at radius 1 is 0.966 bits per heavy atom. The zero-order valence-corrected chi connectivity index (χ0v) is 17.9. The van der Waals surface area contributed by atoms with Crippen LogP contribution in [0, 0.1) is 0 Å². The number of esters is 1. The van der Waals surface area contributed by atoms with Crippen LogP contribution < -0.4 is 0 Å². The molecule has 0 saturated carbocycles. The van der Waals surface area contributed by atoms with Gasteiger partial charge in [0.2, 0.25) is 0 Å². The van der Waals surface area contributed by atoms with Gasteiger partial charge in [-0.1, -0.05) is 80.6 Å². The second kappa shape index (κ2) is 12.4. The van der Waals surface area contributed by atoms with Crippen molar-refractivity contribution in [2.24, 2.45) is 0 Å². The van der Waals surface area contributed by atoms with Gasteiger partial charge in [-0.15, -0.1) is 0 Å². The van der Waals surface area contributed by atoms with Gasteiger partial charge < -0.3 is 9.84 Å². The predicted octanol–water partition coefficient (Wildman–Crippen LogP) is 6.59. The Kier molecular flexibility index (Phi) is 10.2. The fraction of sp³-hybridized carbons (Fsp3) is 0.269. The van der Waals surface area contributed by atoms with Crippen molar-refractivity contribution < 1.29 is 14.6 Å². The van der Waals surface area contributed by atoms with Gasteiger partial charge in [-0.25, -0.2) is 4.79 Å². The number of phenols is 1. The molecule has 3 nitrogen and oxygen atoms in total. The molecular weight excluding hydrogens is 360 g/mol. The molecule has 154 valence electrons. The maximum absolute atomic E-state index is 10.5. The molecule has 2 aromatic carbocycles. The molecule has 0 aliphatic carbocycles. The number of aryl methyl sites for hydroxylation is 1. The Morgan fingerprint density at radius 3 is 1.83 bits per heavy atom. The molecule has 2 aromatic rings. The molecule has 2 rings (SSSR count). The maximum atomic E-state index is 10.5. The summed E-state index contributed by atoms with van der Waals surface area (Å²) in [5.41, 5.74) is 3.28. The zero-order valence-electron chi connectivity index (χ0n) is 17.9. The Hall–Kier alpha value is -3.07. The molecule has 0 atom stereocenters. The summed E-state index contributed by atoms with van der Waals surface area (Å²) in [7, 11) is 0. The fourth-order valence-electron chi connectivity index (χ4n) is 2.35. The number of hydrogen-bond acceptors (Lipinski definition) is 3. The molecule has 0 amide bonds. The van der Waals surface area contributed by atoms with Crippen LogP contribution in [-0.2, 0) is 16.0 Å². The number of allylic oxidation sites excluding steroid dienone is 2.